The van der Waals surface area contributed by atoms with Crippen molar-refractivity contribution in [2.24, 2.45) is 5.92 Å². The smallest absolute Gasteiger partial charge is 0.171 e. The number of thiocarbonyl (C=S) groups is 1. The van der Waals surface area contributed by atoms with Crippen molar-refractivity contribution in [2.75, 3.05) is 28.4 Å². The van der Waals surface area contributed by atoms with E-state index < -0.39 is 0 Å². The molecule has 7 heteroatoms. The fourth-order valence-corrected chi connectivity index (χ4v) is 4.84. The largest absolute Gasteiger partial charge is 0.493 e. The lowest BCUT2D eigenvalue weighted by Crippen LogP contribution is -2.45. The molecule has 0 unspecified atom stereocenters. The molecule has 2 aromatic rings. The van der Waals surface area contributed by atoms with Gasteiger partial charge in [0, 0.05) is 5.70 Å². The van der Waals surface area contributed by atoms with Gasteiger partial charge in [0.25, 0.3) is 0 Å². The van der Waals surface area contributed by atoms with Crippen LogP contribution in [0, 0.1) is 5.92 Å². The summed E-state index contributed by atoms with van der Waals surface area (Å²) in [5.74, 6) is 3.33. The lowest BCUT2D eigenvalue weighted by Gasteiger charge is -2.38. The number of hydrogen-bond donors (Lipinski definition) is 2. The average Bonchev–Trinajstić information content (AvgIpc) is 2.83. The zero-order chi connectivity index (χ0) is 23.5. The summed E-state index contributed by atoms with van der Waals surface area (Å²) >= 11 is 5.60. The highest BCUT2D eigenvalue weighted by molar-refractivity contribution is 7.80. The molecule has 2 aromatic carbocycles. The van der Waals surface area contributed by atoms with Gasteiger partial charge in [-0.15, -0.1) is 0 Å². The zero-order valence-electron chi connectivity index (χ0n) is 19.7. The Balaban J connectivity index is 1.78. The standard InChI is InChI=1S/C26H30N2O4S/c1-15-10-18(12-16-6-8-20(29-2)22(13-16)31-4)25-19(11-15)24(27-26(33)28-25)17-7-9-21(30-3)23(14-17)32-5/h6-9,12-15,24H,10-11H2,1-5H3,(H2,27,28,33)/b18-12+/t15-,24+/m0/s1. The van der Waals surface area contributed by atoms with E-state index in [9.17, 15) is 0 Å². The van der Waals surface area contributed by atoms with Gasteiger partial charge in [-0.25, -0.2) is 0 Å². The molecule has 1 aliphatic heterocycles. The number of benzene rings is 2. The molecule has 0 spiro atoms. The fraction of sp³-hybridized carbons (Fsp3) is 0.346. The SMILES string of the molecule is COc1ccc(/C=C2\C[C@H](C)CC3=C2NC(=S)N[C@@H]3c2ccc(OC)c(OC)c2)cc1OC. The second-order valence-electron chi connectivity index (χ2n) is 8.34. The van der Waals surface area contributed by atoms with Crippen molar-refractivity contribution < 1.29 is 18.9 Å². The third kappa shape index (κ3) is 4.64. The van der Waals surface area contributed by atoms with Crippen molar-refractivity contribution >= 4 is 23.4 Å². The molecule has 2 N–H and O–H groups in total. The maximum atomic E-state index is 5.60. The Morgan fingerprint density at radius 2 is 1.48 bits per heavy atom. The van der Waals surface area contributed by atoms with E-state index in [1.54, 1.807) is 28.4 Å². The van der Waals surface area contributed by atoms with Gasteiger partial charge in [-0.3, -0.25) is 0 Å². The first-order valence-corrected chi connectivity index (χ1v) is 11.3. The van der Waals surface area contributed by atoms with Gasteiger partial charge in [0.05, 0.1) is 34.5 Å². The summed E-state index contributed by atoms with van der Waals surface area (Å²) in [5, 5.41) is 7.50. The van der Waals surface area contributed by atoms with Crippen molar-refractivity contribution in [1.82, 2.24) is 10.6 Å². The van der Waals surface area contributed by atoms with Crippen molar-refractivity contribution in [3.63, 3.8) is 0 Å². The monoisotopic (exact) mass is 466 g/mol. The highest BCUT2D eigenvalue weighted by Crippen LogP contribution is 2.43. The summed E-state index contributed by atoms with van der Waals surface area (Å²) in [7, 11) is 6.59. The highest BCUT2D eigenvalue weighted by atomic mass is 32.1. The molecule has 1 heterocycles. The predicted octanol–water partition coefficient (Wildman–Crippen LogP) is 5.01. The van der Waals surface area contributed by atoms with Crippen molar-refractivity contribution in [3.8, 4) is 23.0 Å². The molecular weight excluding hydrogens is 436 g/mol. The lowest BCUT2D eigenvalue weighted by molar-refractivity contribution is 0.354. The Hall–Kier alpha value is -3.19. The van der Waals surface area contributed by atoms with Crippen LogP contribution < -0.4 is 29.6 Å². The maximum Gasteiger partial charge on any atom is 0.171 e. The van der Waals surface area contributed by atoms with E-state index in [1.165, 1.54) is 11.1 Å². The molecule has 2 aliphatic rings. The molecule has 0 saturated carbocycles. The van der Waals surface area contributed by atoms with Crippen LogP contribution in [0.5, 0.6) is 23.0 Å². The van der Waals surface area contributed by atoms with Crippen LogP contribution >= 0.6 is 12.2 Å². The minimum atomic E-state index is -0.0369. The molecule has 0 amide bonds. The Bertz CT molecular complexity index is 1130. The molecule has 2 atom stereocenters. The van der Waals surface area contributed by atoms with Crippen LogP contribution in [0.2, 0.25) is 0 Å². The molecule has 0 bridgehead atoms. The predicted molar refractivity (Wildman–Crippen MR) is 134 cm³/mol. The summed E-state index contributed by atoms with van der Waals surface area (Å²) in [6, 6.07) is 12.0. The summed E-state index contributed by atoms with van der Waals surface area (Å²) in [5.41, 5.74) is 5.76. The lowest BCUT2D eigenvalue weighted by atomic mass is 9.78. The fourth-order valence-electron chi connectivity index (χ4n) is 4.62. The van der Waals surface area contributed by atoms with Gasteiger partial charge in [0.2, 0.25) is 0 Å². The molecular formula is C26H30N2O4S. The van der Waals surface area contributed by atoms with Gasteiger partial charge in [-0.05, 0) is 83.6 Å². The molecule has 4 rings (SSSR count). The molecule has 33 heavy (non-hydrogen) atoms. The van der Waals surface area contributed by atoms with Gasteiger partial charge >= 0.3 is 0 Å². The average molecular weight is 467 g/mol. The number of ether oxygens (including phenoxy) is 4. The summed E-state index contributed by atoms with van der Waals surface area (Å²) in [4.78, 5) is 0. The van der Waals surface area contributed by atoms with Gasteiger partial charge in [0.1, 0.15) is 0 Å². The van der Waals surface area contributed by atoms with Crippen LogP contribution in [0.4, 0.5) is 0 Å². The maximum absolute atomic E-state index is 5.60. The molecule has 0 radical (unpaired) electrons. The summed E-state index contributed by atoms with van der Waals surface area (Å²) in [6.07, 6.45) is 4.14. The minimum Gasteiger partial charge on any atom is -0.493 e. The zero-order valence-corrected chi connectivity index (χ0v) is 20.5. The van der Waals surface area contributed by atoms with Crippen LogP contribution in [0.15, 0.2) is 53.2 Å². The van der Waals surface area contributed by atoms with Crippen molar-refractivity contribution in [2.45, 2.75) is 25.8 Å². The number of methoxy groups -OCH3 is 4. The van der Waals surface area contributed by atoms with Crippen molar-refractivity contribution in [1.29, 1.82) is 0 Å². The number of hydrogen-bond acceptors (Lipinski definition) is 5. The molecule has 174 valence electrons. The van der Waals surface area contributed by atoms with Gasteiger partial charge in [-0.2, -0.15) is 0 Å². The Labute approximate surface area is 200 Å². The van der Waals surface area contributed by atoms with E-state index in [1.807, 2.05) is 30.3 Å². The topological polar surface area (TPSA) is 61.0 Å². The number of nitrogens with one attached hydrogen (secondary N) is 2. The van der Waals surface area contributed by atoms with Gasteiger partial charge in [-0.1, -0.05) is 19.1 Å². The Morgan fingerprint density at radius 1 is 0.848 bits per heavy atom. The first-order chi connectivity index (χ1) is 16.0. The van der Waals surface area contributed by atoms with Crippen LogP contribution in [0.25, 0.3) is 6.08 Å². The van der Waals surface area contributed by atoms with E-state index in [0.717, 1.165) is 29.7 Å². The van der Waals surface area contributed by atoms with E-state index in [0.29, 0.717) is 34.0 Å². The quantitative estimate of drug-likeness (QED) is 0.581. The first kappa shape index (κ1) is 23.0. The second kappa shape index (κ2) is 9.75. The molecule has 0 aromatic heterocycles. The Kier molecular flexibility index (Phi) is 6.79. The van der Waals surface area contributed by atoms with Crippen molar-refractivity contribution in [3.05, 3.63) is 64.4 Å². The van der Waals surface area contributed by atoms with E-state index in [2.05, 4.69) is 29.7 Å². The molecule has 0 saturated heterocycles. The van der Waals surface area contributed by atoms with E-state index in [-0.39, 0.29) is 6.04 Å². The summed E-state index contributed by atoms with van der Waals surface area (Å²) in [6.45, 7) is 2.28. The summed E-state index contributed by atoms with van der Waals surface area (Å²) < 4.78 is 21.8. The number of allylic oxidation sites excluding steroid dienone is 1. The molecule has 1 aliphatic carbocycles. The van der Waals surface area contributed by atoms with Gasteiger partial charge in [0.15, 0.2) is 28.1 Å². The van der Waals surface area contributed by atoms with Crippen LogP contribution in [0.3, 0.4) is 0 Å². The minimum absolute atomic E-state index is 0.0369. The Morgan fingerprint density at radius 3 is 2.15 bits per heavy atom. The van der Waals surface area contributed by atoms with Gasteiger partial charge < -0.3 is 29.6 Å². The third-order valence-electron chi connectivity index (χ3n) is 6.13. The van der Waals surface area contributed by atoms with Crippen LogP contribution in [-0.4, -0.2) is 33.6 Å². The third-order valence-corrected chi connectivity index (χ3v) is 6.35. The highest BCUT2D eigenvalue weighted by Gasteiger charge is 2.33. The van der Waals surface area contributed by atoms with E-state index >= 15 is 0 Å². The van der Waals surface area contributed by atoms with E-state index in [4.69, 9.17) is 31.2 Å². The normalized spacial score (nSPS) is 21.1. The van der Waals surface area contributed by atoms with Crippen LogP contribution in [0.1, 0.15) is 36.9 Å². The molecule has 0 fully saturated rings. The second-order valence-corrected chi connectivity index (χ2v) is 8.75. The van der Waals surface area contributed by atoms with Crippen LogP contribution in [-0.2, 0) is 0 Å². The molecule has 6 nitrogen and oxygen atoms in total. The first-order valence-electron chi connectivity index (χ1n) is 10.9. The number of rotatable bonds is 6.